The van der Waals surface area contributed by atoms with E-state index in [9.17, 15) is 4.79 Å². The molecule has 160 valence electrons. The molecule has 31 heavy (non-hydrogen) atoms. The normalized spacial score (nSPS) is 12.1. The molecule has 0 bridgehead atoms. The van der Waals surface area contributed by atoms with E-state index in [2.05, 4.69) is 15.5 Å². The van der Waals surface area contributed by atoms with Crippen LogP contribution < -0.4 is 14.8 Å². The first kappa shape index (κ1) is 21.0. The first-order chi connectivity index (χ1) is 15.0. The lowest BCUT2D eigenvalue weighted by atomic mass is 10.1. The van der Waals surface area contributed by atoms with E-state index < -0.39 is 0 Å². The van der Waals surface area contributed by atoms with Crippen molar-refractivity contribution in [2.45, 2.75) is 31.2 Å². The van der Waals surface area contributed by atoms with Crippen molar-refractivity contribution in [3.8, 4) is 11.5 Å². The predicted molar refractivity (Wildman–Crippen MR) is 123 cm³/mol. The number of pyridine rings is 1. The van der Waals surface area contributed by atoms with Crippen molar-refractivity contribution in [2.24, 2.45) is 0 Å². The van der Waals surface area contributed by atoms with Crippen LogP contribution in [0.25, 0.3) is 16.6 Å². The summed E-state index contributed by atoms with van der Waals surface area (Å²) in [6.45, 7) is 6.44. The van der Waals surface area contributed by atoms with Gasteiger partial charge in [0.1, 0.15) is 11.5 Å². The molecule has 7 nitrogen and oxygen atoms in total. The molecule has 0 aliphatic rings. The number of ether oxygens (including phenoxy) is 2. The second-order valence-corrected chi connectivity index (χ2v) is 8.40. The molecular weight excluding hydrogens is 412 g/mol. The third-order valence-corrected chi connectivity index (χ3v) is 6.00. The summed E-state index contributed by atoms with van der Waals surface area (Å²) in [5, 5.41) is 13.0. The monoisotopic (exact) mass is 436 g/mol. The van der Waals surface area contributed by atoms with Crippen molar-refractivity contribution in [1.82, 2.24) is 14.6 Å². The Labute approximate surface area is 184 Å². The van der Waals surface area contributed by atoms with Gasteiger partial charge in [-0.3, -0.25) is 9.20 Å². The molecule has 1 atom stereocenters. The zero-order valence-electron chi connectivity index (χ0n) is 17.9. The number of methoxy groups -OCH3 is 1. The fourth-order valence-electron chi connectivity index (χ4n) is 3.36. The van der Waals surface area contributed by atoms with Gasteiger partial charge in [-0.05, 0) is 68.8 Å². The molecule has 1 unspecified atom stereocenters. The number of nitrogens with one attached hydrogen (secondary N) is 1. The molecule has 0 aliphatic heterocycles. The summed E-state index contributed by atoms with van der Waals surface area (Å²) in [5.41, 5.74) is 3.51. The highest BCUT2D eigenvalue weighted by molar-refractivity contribution is 8.00. The minimum atomic E-state index is -0.374. The van der Waals surface area contributed by atoms with Crippen LogP contribution in [0.15, 0.2) is 53.7 Å². The Bertz CT molecular complexity index is 1240. The van der Waals surface area contributed by atoms with E-state index in [0.717, 1.165) is 39.3 Å². The molecule has 0 fully saturated rings. The van der Waals surface area contributed by atoms with Crippen molar-refractivity contribution in [3.05, 3.63) is 54.1 Å². The predicted octanol–water partition coefficient (Wildman–Crippen LogP) is 4.72. The van der Waals surface area contributed by atoms with Crippen LogP contribution in [0.1, 0.15) is 19.4 Å². The number of carbonyl (C=O) groups is 1. The quantitative estimate of drug-likeness (QED) is 0.423. The Morgan fingerprint density at radius 2 is 1.87 bits per heavy atom. The molecule has 4 aromatic rings. The number of aryl methyl sites for hydroxylation is 1. The number of anilines is 1. The Morgan fingerprint density at radius 1 is 1.13 bits per heavy atom. The van der Waals surface area contributed by atoms with Crippen LogP contribution in [0, 0.1) is 6.92 Å². The van der Waals surface area contributed by atoms with Crippen molar-refractivity contribution >= 4 is 39.9 Å². The van der Waals surface area contributed by atoms with Gasteiger partial charge >= 0.3 is 0 Å². The van der Waals surface area contributed by atoms with Gasteiger partial charge in [0.15, 0.2) is 10.8 Å². The van der Waals surface area contributed by atoms with Gasteiger partial charge in [0, 0.05) is 17.1 Å². The highest BCUT2D eigenvalue weighted by atomic mass is 32.2. The molecule has 2 heterocycles. The summed E-state index contributed by atoms with van der Waals surface area (Å²) < 4.78 is 12.8. The first-order valence-corrected chi connectivity index (χ1v) is 10.9. The number of thioether (sulfide) groups is 1. The summed E-state index contributed by atoms with van der Waals surface area (Å²) in [6.07, 6.45) is 0. The lowest BCUT2D eigenvalue weighted by Crippen LogP contribution is -2.22. The molecule has 4 rings (SSSR count). The molecule has 0 saturated heterocycles. The largest absolute Gasteiger partial charge is 0.497 e. The van der Waals surface area contributed by atoms with Gasteiger partial charge in [-0.1, -0.05) is 11.8 Å². The second kappa shape index (κ2) is 8.85. The van der Waals surface area contributed by atoms with Crippen LogP contribution >= 0.6 is 11.8 Å². The number of carbonyl (C=O) groups excluding carboxylic acids is 1. The second-order valence-electron chi connectivity index (χ2n) is 7.09. The summed E-state index contributed by atoms with van der Waals surface area (Å²) >= 11 is 1.36. The lowest BCUT2D eigenvalue weighted by Gasteiger charge is -2.13. The number of fused-ring (bicyclic) bond motifs is 3. The Kier molecular flexibility index (Phi) is 5.99. The van der Waals surface area contributed by atoms with Crippen LogP contribution in [-0.2, 0) is 4.79 Å². The minimum Gasteiger partial charge on any atom is -0.497 e. The number of rotatable bonds is 7. The summed E-state index contributed by atoms with van der Waals surface area (Å²) in [4.78, 5) is 12.8. The van der Waals surface area contributed by atoms with Gasteiger partial charge in [-0.2, -0.15) is 0 Å². The Balaban J connectivity index is 1.59. The SMILES string of the molecule is CCOc1ccc(NC(=O)C(C)Sc2nnc3cc(C)c4ccc(OC)cc4n23)cc1. The highest BCUT2D eigenvalue weighted by Gasteiger charge is 2.20. The molecule has 0 spiro atoms. The third kappa shape index (κ3) is 4.29. The molecule has 0 radical (unpaired) electrons. The topological polar surface area (TPSA) is 77.8 Å². The standard InChI is InChI=1S/C23H24N4O3S/c1-5-30-17-8-6-16(7-9-17)24-22(28)15(3)31-23-26-25-21-12-14(2)19-11-10-18(29-4)13-20(19)27(21)23/h6-13,15H,5H2,1-4H3,(H,24,28). The van der Waals surface area contributed by atoms with E-state index in [1.807, 2.05) is 73.7 Å². The fourth-order valence-corrected chi connectivity index (χ4v) is 4.23. The first-order valence-electron chi connectivity index (χ1n) is 10.0. The van der Waals surface area contributed by atoms with Gasteiger partial charge in [0.05, 0.1) is 24.5 Å². The van der Waals surface area contributed by atoms with Gasteiger partial charge < -0.3 is 14.8 Å². The van der Waals surface area contributed by atoms with E-state index in [1.54, 1.807) is 7.11 Å². The third-order valence-electron chi connectivity index (χ3n) is 4.96. The molecule has 1 N–H and O–H groups in total. The van der Waals surface area contributed by atoms with Crippen LogP contribution in [0.3, 0.4) is 0 Å². The average molecular weight is 437 g/mol. The molecule has 8 heteroatoms. The van der Waals surface area contributed by atoms with E-state index in [1.165, 1.54) is 11.8 Å². The van der Waals surface area contributed by atoms with Crippen LogP contribution in [0.2, 0.25) is 0 Å². The summed E-state index contributed by atoms with van der Waals surface area (Å²) in [6, 6.07) is 15.3. The maximum absolute atomic E-state index is 12.8. The maximum Gasteiger partial charge on any atom is 0.237 e. The fraction of sp³-hybridized carbons (Fsp3) is 0.261. The maximum atomic E-state index is 12.8. The van der Waals surface area contributed by atoms with E-state index in [-0.39, 0.29) is 11.2 Å². The number of amides is 1. The van der Waals surface area contributed by atoms with E-state index in [0.29, 0.717) is 11.8 Å². The zero-order valence-corrected chi connectivity index (χ0v) is 18.7. The minimum absolute atomic E-state index is 0.111. The van der Waals surface area contributed by atoms with Crippen LogP contribution in [0.4, 0.5) is 5.69 Å². The van der Waals surface area contributed by atoms with Crippen molar-refractivity contribution in [2.75, 3.05) is 19.0 Å². The summed E-state index contributed by atoms with van der Waals surface area (Å²) in [5.74, 6) is 1.42. The molecule has 0 saturated carbocycles. The Hall–Kier alpha value is -3.26. The van der Waals surface area contributed by atoms with Crippen LogP contribution in [0.5, 0.6) is 11.5 Å². The van der Waals surface area contributed by atoms with E-state index >= 15 is 0 Å². The van der Waals surface area contributed by atoms with Crippen molar-refractivity contribution in [1.29, 1.82) is 0 Å². The molecule has 2 aromatic carbocycles. The van der Waals surface area contributed by atoms with Crippen molar-refractivity contribution in [3.63, 3.8) is 0 Å². The van der Waals surface area contributed by atoms with Crippen LogP contribution in [-0.4, -0.2) is 39.5 Å². The smallest absolute Gasteiger partial charge is 0.237 e. The average Bonchev–Trinajstić information content (AvgIpc) is 3.17. The van der Waals surface area contributed by atoms with E-state index in [4.69, 9.17) is 9.47 Å². The molecule has 1 amide bonds. The number of hydrogen-bond donors (Lipinski definition) is 1. The Morgan fingerprint density at radius 3 is 2.58 bits per heavy atom. The van der Waals surface area contributed by atoms with Gasteiger partial charge in [0.25, 0.3) is 0 Å². The highest BCUT2D eigenvalue weighted by Crippen LogP contribution is 2.30. The van der Waals surface area contributed by atoms with Gasteiger partial charge in [-0.25, -0.2) is 0 Å². The number of hydrogen-bond acceptors (Lipinski definition) is 6. The van der Waals surface area contributed by atoms with Gasteiger partial charge in [-0.15, -0.1) is 10.2 Å². The van der Waals surface area contributed by atoms with Gasteiger partial charge in [0.2, 0.25) is 5.91 Å². The molecular formula is C23H24N4O3S. The molecule has 0 aliphatic carbocycles. The number of aromatic nitrogens is 3. The lowest BCUT2D eigenvalue weighted by molar-refractivity contribution is -0.115. The zero-order chi connectivity index (χ0) is 22.0. The number of nitrogens with zero attached hydrogens (tertiary/aromatic N) is 3. The summed E-state index contributed by atoms with van der Waals surface area (Å²) in [7, 11) is 1.64. The van der Waals surface area contributed by atoms with Crippen molar-refractivity contribution < 1.29 is 14.3 Å². The number of benzene rings is 2. The molecule has 2 aromatic heterocycles.